The number of nitrogens with zero attached hydrogens (tertiary/aromatic N) is 2. The zero-order valence-corrected chi connectivity index (χ0v) is 24.0. The van der Waals surface area contributed by atoms with E-state index in [9.17, 15) is 4.39 Å². The molecule has 0 aliphatic carbocycles. The molecular weight excluding hydrogens is 485 g/mol. The molecule has 0 amide bonds. The molecule has 0 radical (unpaired) electrons. The maximum atomic E-state index is 14.9. The number of hydrogen-bond donors (Lipinski definition) is 1. The standard InChI is InChI=1S/C26H32FN3O2.C2H4O.C2H6.H2O.H2/c1-6-8-18-15-20(16-23(27)24(18)31-7-2)26(3,4)19-9-11-22(12-10-19)32-17-21-13-14-29-25(28-5)30-21;1-2-3;1-2;;/h9-16H,6-8,17H2,1-5H3,(H,28,29,30);2H,1H3;1-2H3;1H2;1H. The Hall–Kier alpha value is -3.52. The van der Waals surface area contributed by atoms with Crippen LogP contribution in [0, 0.1) is 5.82 Å². The fraction of sp³-hybridized carbons (Fsp3) is 0.433. The number of aromatic nitrogens is 2. The van der Waals surface area contributed by atoms with E-state index < -0.39 is 0 Å². The quantitative estimate of drug-likeness (QED) is 0.297. The summed E-state index contributed by atoms with van der Waals surface area (Å²) < 4.78 is 26.4. The van der Waals surface area contributed by atoms with E-state index in [1.165, 1.54) is 6.92 Å². The normalized spacial score (nSPS) is 10.0. The largest absolute Gasteiger partial charge is 0.491 e. The van der Waals surface area contributed by atoms with Crippen molar-refractivity contribution in [1.29, 1.82) is 0 Å². The molecule has 0 bridgehead atoms. The van der Waals surface area contributed by atoms with Gasteiger partial charge in [-0.05, 0) is 61.2 Å². The summed E-state index contributed by atoms with van der Waals surface area (Å²) in [5, 5.41) is 2.92. The molecule has 0 atom stereocenters. The SMILES string of the molecule is CC.CC=O.CCCc1cc(C(C)(C)c2ccc(OCc3ccnc(NC)n3)cc2)cc(F)c1OCC.O.[HH]. The van der Waals surface area contributed by atoms with Gasteiger partial charge in [0.1, 0.15) is 18.6 Å². The Morgan fingerprint density at radius 1 is 1.05 bits per heavy atom. The van der Waals surface area contributed by atoms with Gasteiger partial charge >= 0.3 is 0 Å². The second-order valence-electron chi connectivity index (χ2n) is 8.42. The Morgan fingerprint density at radius 3 is 2.24 bits per heavy atom. The number of hydrogen-bond acceptors (Lipinski definition) is 6. The molecule has 0 saturated carbocycles. The highest BCUT2D eigenvalue weighted by Gasteiger charge is 2.26. The minimum atomic E-state index is -0.374. The molecule has 3 aromatic rings. The third kappa shape index (κ3) is 9.74. The lowest BCUT2D eigenvalue weighted by atomic mass is 9.77. The van der Waals surface area contributed by atoms with Gasteiger partial charge in [0.25, 0.3) is 0 Å². The maximum Gasteiger partial charge on any atom is 0.222 e. The lowest BCUT2D eigenvalue weighted by Gasteiger charge is -2.28. The van der Waals surface area contributed by atoms with Crippen LogP contribution in [0.5, 0.6) is 11.5 Å². The molecule has 0 aliphatic rings. The van der Waals surface area contributed by atoms with Crippen molar-refractivity contribution in [3.8, 4) is 11.5 Å². The Balaban J connectivity index is 0. The van der Waals surface area contributed by atoms with Gasteiger partial charge in [-0.2, -0.15) is 0 Å². The van der Waals surface area contributed by atoms with Crippen LogP contribution in [-0.2, 0) is 23.2 Å². The minimum Gasteiger partial charge on any atom is -0.491 e. The van der Waals surface area contributed by atoms with Gasteiger partial charge in [-0.1, -0.05) is 59.2 Å². The maximum absolute atomic E-state index is 14.9. The zero-order chi connectivity index (χ0) is 27.8. The Bertz CT molecular complexity index is 1100. The lowest BCUT2D eigenvalue weighted by Crippen LogP contribution is -2.20. The summed E-state index contributed by atoms with van der Waals surface area (Å²) in [6.45, 7) is 14.4. The van der Waals surface area contributed by atoms with E-state index in [4.69, 9.17) is 14.3 Å². The van der Waals surface area contributed by atoms with Crippen LogP contribution in [0.4, 0.5) is 10.3 Å². The molecule has 7 nitrogen and oxygen atoms in total. The summed E-state index contributed by atoms with van der Waals surface area (Å²) in [5.74, 6) is 1.39. The number of halogens is 1. The number of anilines is 1. The minimum absolute atomic E-state index is 0. The summed E-state index contributed by atoms with van der Waals surface area (Å²) in [7, 11) is 1.78. The van der Waals surface area contributed by atoms with E-state index in [1.54, 1.807) is 19.3 Å². The van der Waals surface area contributed by atoms with Crippen molar-refractivity contribution in [2.75, 3.05) is 19.0 Å². The van der Waals surface area contributed by atoms with E-state index >= 15 is 0 Å². The molecule has 3 rings (SSSR count). The van der Waals surface area contributed by atoms with Crippen LogP contribution in [0.25, 0.3) is 0 Å². The second-order valence-corrected chi connectivity index (χ2v) is 8.42. The summed E-state index contributed by atoms with van der Waals surface area (Å²) >= 11 is 0. The van der Waals surface area contributed by atoms with E-state index in [1.807, 2.05) is 51.1 Å². The Morgan fingerprint density at radius 2 is 1.68 bits per heavy atom. The zero-order valence-electron chi connectivity index (χ0n) is 24.0. The molecule has 0 saturated heterocycles. The molecule has 38 heavy (non-hydrogen) atoms. The number of carbonyl (C=O) groups is 1. The summed E-state index contributed by atoms with van der Waals surface area (Å²) in [5.41, 5.74) is 3.35. The predicted octanol–water partition coefficient (Wildman–Crippen LogP) is 6.57. The van der Waals surface area contributed by atoms with Gasteiger partial charge in [0, 0.05) is 20.1 Å². The summed E-state index contributed by atoms with van der Waals surface area (Å²) in [6, 6.07) is 13.4. The Labute approximate surface area is 228 Å². The summed E-state index contributed by atoms with van der Waals surface area (Å²) in [6.07, 6.45) is 4.16. The first-order valence-electron chi connectivity index (χ1n) is 12.9. The lowest BCUT2D eigenvalue weighted by molar-refractivity contribution is -0.106. The van der Waals surface area contributed by atoms with Crippen LogP contribution < -0.4 is 14.8 Å². The predicted molar refractivity (Wildman–Crippen MR) is 155 cm³/mol. The van der Waals surface area contributed by atoms with Gasteiger partial charge in [-0.3, -0.25) is 0 Å². The number of aryl methyl sites for hydroxylation is 1. The fourth-order valence-electron chi connectivity index (χ4n) is 3.66. The van der Waals surface area contributed by atoms with Crippen molar-refractivity contribution in [1.82, 2.24) is 9.97 Å². The highest BCUT2D eigenvalue weighted by atomic mass is 19.1. The van der Waals surface area contributed by atoms with Crippen molar-refractivity contribution >= 4 is 12.2 Å². The third-order valence-corrected chi connectivity index (χ3v) is 5.55. The van der Waals surface area contributed by atoms with Gasteiger partial charge in [0.15, 0.2) is 11.6 Å². The van der Waals surface area contributed by atoms with Crippen molar-refractivity contribution < 1.29 is 25.6 Å². The number of benzene rings is 2. The van der Waals surface area contributed by atoms with Crippen LogP contribution in [-0.4, -0.2) is 35.4 Å². The monoisotopic (exact) mass is 531 g/mol. The number of nitrogens with one attached hydrogen (secondary N) is 1. The smallest absolute Gasteiger partial charge is 0.222 e. The van der Waals surface area contributed by atoms with Crippen LogP contribution in [0.3, 0.4) is 0 Å². The van der Waals surface area contributed by atoms with Crippen molar-refractivity contribution in [3.63, 3.8) is 0 Å². The van der Waals surface area contributed by atoms with E-state index in [-0.39, 0.29) is 18.1 Å². The van der Waals surface area contributed by atoms with Gasteiger partial charge in [-0.25, -0.2) is 14.4 Å². The summed E-state index contributed by atoms with van der Waals surface area (Å²) in [4.78, 5) is 17.3. The first kappa shape index (κ1) is 34.5. The van der Waals surface area contributed by atoms with E-state index in [2.05, 4.69) is 42.1 Å². The van der Waals surface area contributed by atoms with Crippen LogP contribution in [0.1, 0.15) is 78.7 Å². The Kier molecular flexibility index (Phi) is 16.2. The number of rotatable bonds is 10. The van der Waals surface area contributed by atoms with E-state index in [0.717, 1.165) is 47.3 Å². The topological polar surface area (TPSA) is 105 Å². The van der Waals surface area contributed by atoms with Crippen molar-refractivity contribution in [2.24, 2.45) is 0 Å². The number of aldehydes is 1. The molecule has 2 aromatic carbocycles. The molecule has 3 N–H and O–H groups in total. The fourth-order valence-corrected chi connectivity index (χ4v) is 3.66. The van der Waals surface area contributed by atoms with Crippen LogP contribution in [0.15, 0.2) is 48.7 Å². The van der Waals surface area contributed by atoms with Gasteiger partial charge < -0.3 is 25.1 Å². The molecule has 212 valence electrons. The van der Waals surface area contributed by atoms with Crippen molar-refractivity contribution in [3.05, 3.63) is 76.9 Å². The van der Waals surface area contributed by atoms with E-state index in [0.29, 0.717) is 24.9 Å². The molecule has 8 heteroatoms. The molecule has 0 aliphatic heterocycles. The molecule has 1 aromatic heterocycles. The molecule has 0 fully saturated rings. The molecular formula is C30H46FN3O4. The van der Waals surface area contributed by atoms with Gasteiger partial charge in [-0.15, -0.1) is 0 Å². The highest BCUT2D eigenvalue weighted by Crippen LogP contribution is 2.36. The van der Waals surface area contributed by atoms with Crippen molar-refractivity contribution in [2.45, 2.75) is 73.3 Å². The average Bonchev–Trinajstić information content (AvgIpc) is 2.91. The molecule has 1 heterocycles. The average molecular weight is 532 g/mol. The number of ether oxygens (including phenoxy) is 2. The molecule has 0 spiro atoms. The highest BCUT2D eigenvalue weighted by molar-refractivity contribution is 5.46. The first-order chi connectivity index (χ1) is 17.8. The molecule has 0 unspecified atom stereocenters. The third-order valence-electron chi connectivity index (χ3n) is 5.55. The van der Waals surface area contributed by atoms with Crippen LogP contribution >= 0.6 is 0 Å². The van der Waals surface area contributed by atoms with Gasteiger partial charge in [0.05, 0.1) is 12.3 Å². The van der Waals surface area contributed by atoms with Gasteiger partial charge in [0.2, 0.25) is 5.95 Å². The first-order valence-corrected chi connectivity index (χ1v) is 12.9. The van der Waals surface area contributed by atoms with Crippen LogP contribution in [0.2, 0.25) is 0 Å². The second kappa shape index (κ2) is 17.9. The number of carbonyl (C=O) groups excluding carboxylic acids is 1.